The van der Waals surface area contributed by atoms with Crippen LogP contribution in [0.5, 0.6) is 0 Å². The first-order chi connectivity index (χ1) is 7.68. The molecule has 0 saturated carbocycles. The minimum Gasteiger partial charge on any atom is -0.478 e. The van der Waals surface area contributed by atoms with Crippen molar-refractivity contribution in [2.24, 2.45) is 0 Å². The molecule has 0 atom stereocenters. The molecule has 3 nitrogen and oxygen atoms in total. The van der Waals surface area contributed by atoms with E-state index < -0.39 is 5.97 Å². The number of hydrogen-bond acceptors (Lipinski definition) is 2. The van der Waals surface area contributed by atoms with Gasteiger partial charge in [-0.2, -0.15) is 0 Å². The fourth-order valence-electron chi connectivity index (χ4n) is 1.86. The van der Waals surface area contributed by atoms with Gasteiger partial charge in [-0.1, -0.05) is 12.1 Å². The van der Waals surface area contributed by atoms with Gasteiger partial charge in [0.1, 0.15) is 5.82 Å². The van der Waals surface area contributed by atoms with Gasteiger partial charge in [-0.15, -0.1) is 0 Å². The molecule has 1 aliphatic heterocycles. The maximum Gasteiger partial charge on any atom is 0.333 e. The summed E-state index contributed by atoms with van der Waals surface area (Å²) in [6.07, 6.45) is 0.660. The summed E-state index contributed by atoms with van der Waals surface area (Å²) in [5, 5.41) is 12.1. The van der Waals surface area contributed by atoms with E-state index >= 15 is 0 Å². The minimum absolute atomic E-state index is 0.310. The monoisotopic (exact) mass is 221 g/mol. The number of hydrogen-bond donors (Lipinski definition) is 2. The quantitative estimate of drug-likeness (QED) is 0.798. The van der Waals surface area contributed by atoms with Gasteiger partial charge in [0.2, 0.25) is 0 Å². The predicted octanol–water partition coefficient (Wildman–Crippen LogP) is 1.66. The normalized spacial score (nSPS) is 16.3. The van der Waals surface area contributed by atoms with Gasteiger partial charge in [0.25, 0.3) is 0 Å². The fourth-order valence-corrected chi connectivity index (χ4v) is 1.86. The van der Waals surface area contributed by atoms with Crippen LogP contribution >= 0.6 is 0 Å². The van der Waals surface area contributed by atoms with Crippen LogP contribution in [0.25, 0.3) is 5.57 Å². The molecule has 16 heavy (non-hydrogen) atoms. The Morgan fingerprint density at radius 3 is 2.62 bits per heavy atom. The highest BCUT2D eigenvalue weighted by atomic mass is 19.1. The smallest absolute Gasteiger partial charge is 0.333 e. The molecular formula is C12H12FNO2. The number of carbonyl (C=O) groups is 1. The number of aliphatic carboxylic acids is 1. The lowest BCUT2D eigenvalue weighted by Gasteiger charge is -2.19. The molecule has 0 aromatic heterocycles. The first kappa shape index (κ1) is 10.8. The van der Waals surface area contributed by atoms with Gasteiger partial charge in [-0.05, 0) is 36.2 Å². The zero-order valence-corrected chi connectivity index (χ0v) is 8.66. The van der Waals surface area contributed by atoms with Gasteiger partial charge in [0.15, 0.2) is 0 Å². The fraction of sp³-hybridized carbons (Fsp3) is 0.250. The summed E-state index contributed by atoms with van der Waals surface area (Å²) in [5.41, 5.74) is 1.96. The molecule has 2 N–H and O–H groups in total. The standard InChI is InChI=1S/C12H12FNO2/c13-9-3-1-8(2-4-9)10-5-6-14-7-11(10)12(15)16/h1-4,14H,5-7H2,(H,15,16). The summed E-state index contributed by atoms with van der Waals surface area (Å²) in [5.74, 6) is -1.22. The topological polar surface area (TPSA) is 49.3 Å². The number of carboxylic acid groups (broad SMARTS) is 1. The van der Waals surface area contributed by atoms with Crippen molar-refractivity contribution in [1.82, 2.24) is 5.32 Å². The van der Waals surface area contributed by atoms with Crippen molar-refractivity contribution in [3.05, 3.63) is 41.2 Å². The Labute approximate surface area is 92.6 Å². The molecule has 1 aromatic carbocycles. The summed E-state index contributed by atoms with van der Waals surface area (Å²) in [4.78, 5) is 11.0. The number of carboxylic acids is 1. The second kappa shape index (κ2) is 4.45. The van der Waals surface area contributed by atoms with E-state index in [9.17, 15) is 9.18 Å². The Hall–Kier alpha value is -1.68. The molecule has 1 heterocycles. The molecule has 1 aromatic rings. The summed E-state index contributed by atoms with van der Waals surface area (Å²) in [6, 6.07) is 5.95. The van der Waals surface area contributed by atoms with Crippen LogP contribution in [0.1, 0.15) is 12.0 Å². The molecule has 0 fully saturated rings. The molecule has 2 rings (SSSR count). The Bertz CT molecular complexity index is 437. The van der Waals surface area contributed by atoms with Crippen LogP contribution in [0.15, 0.2) is 29.8 Å². The van der Waals surface area contributed by atoms with Crippen molar-refractivity contribution in [2.45, 2.75) is 6.42 Å². The lowest BCUT2D eigenvalue weighted by atomic mass is 9.94. The van der Waals surface area contributed by atoms with Gasteiger partial charge in [-0.3, -0.25) is 0 Å². The molecule has 0 bridgehead atoms. The second-order valence-electron chi connectivity index (χ2n) is 3.70. The van der Waals surface area contributed by atoms with Crippen molar-refractivity contribution in [2.75, 3.05) is 13.1 Å². The number of rotatable bonds is 2. The van der Waals surface area contributed by atoms with E-state index in [1.165, 1.54) is 12.1 Å². The highest BCUT2D eigenvalue weighted by molar-refractivity contribution is 5.97. The zero-order valence-electron chi connectivity index (χ0n) is 8.66. The molecule has 0 amide bonds. The van der Waals surface area contributed by atoms with E-state index in [4.69, 9.17) is 5.11 Å². The first-order valence-corrected chi connectivity index (χ1v) is 5.10. The van der Waals surface area contributed by atoms with Crippen LogP contribution in [-0.4, -0.2) is 24.2 Å². The van der Waals surface area contributed by atoms with Crippen molar-refractivity contribution in [1.29, 1.82) is 0 Å². The van der Waals surface area contributed by atoms with E-state index in [-0.39, 0.29) is 5.82 Å². The van der Waals surface area contributed by atoms with Gasteiger partial charge in [0, 0.05) is 6.54 Å². The largest absolute Gasteiger partial charge is 0.478 e. The summed E-state index contributed by atoms with van der Waals surface area (Å²) >= 11 is 0. The van der Waals surface area contributed by atoms with Crippen molar-refractivity contribution < 1.29 is 14.3 Å². The molecule has 0 saturated heterocycles. The SMILES string of the molecule is O=C(O)C1=C(c2ccc(F)cc2)CCNC1. The summed E-state index contributed by atoms with van der Waals surface area (Å²) in [6.45, 7) is 1.12. The average molecular weight is 221 g/mol. The Morgan fingerprint density at radius 2 is 2.00 bits per heavy atom. The van der Waals surface area contributed by atoms with Crippen molar-refractivity contribution in [3.8, 4) is 0 Å². The zero-order chi connectivity index (χ0) is 11.5. The minimum atomic E-state index is -0.911. The third kappa shape index (κ3) is 2.12. The van der Waals surface area contributed by atoms with E-state index in [1.807, 2.05) is 0 Å². The van der Waals surface area contributed by atoms with E-state index in [1.54, 1.807) is 12.1 Å². The Balaban J connectivity index is 2.43. The lowest BCUT2D eigenvalue weighted by molar-refractivity contribution is -0.132. The molecule has 4 heteroatoms. The maximum absolute atomic E-state index is 12.8. The van der Waals surface area contributed by atoms with Crippen LogP contribution in [0.4, 0.5) is 4.39 Å². The van der Waals surface area contributed by atoms with Crippen molar-refractivity contribution >= 4 is 11.5 Å². The first-order valence-electron chi connectivity index (χ1n) is 5.10. The molecule has 0 aliphatic carbocycles. The number of halogens is 1. The van der Waals surface area contributed by atoms with Crippen LogP contribution in [0, 0.1) is 5.82 Å². The number of benzene rings is 1. The van der Waals surface area contributed by atoms with Crippen LogP contribution < -0.4 is 5.32 Å². The molecule has 1 aliphatic rings. The molecule has 0 spiro atoms. The third-order valence-electron chi connectivity index (χ3n) is 2.67. The number of nitrogens with one attached hydrogen (secondary N) is 1. The van der Waals surface area contributed by atoms with Crippen LogP contribution in [0.3, 0.4) is 0 Å². The maximum atomic E-state index is 12.8. The third-order valence-corrected chi connectivity index (χ3v) is 2.67. The molecule has 84 valence electrons. The average Bonchev–Trinajstić information content (AvgIpc) is 2.30. The van der Waals surface area contributed by atoms with Gasteiger partial charge in [0.05, 0.1) is 5.57 Å². The second-order valence-corrected chi connectivity index (χ2v) is 3.70. The van der Waals surface area contributed by atoms with E-state index in [2.05, 4.69) is 5.32 Å². The highest BCUT2D eigenvalue weighted by Gasteiger charge is 2.19. The van der Waals surface area contributed by atoms with E-state index in [0.29, 0.717) is 18.5 Å². The predicted molar refractivity (Wildman–Crippen MR) is 58.4 cm³/mol. The van der Waals surface area contributed by atoms with E-state index in [0.717, 1.165) is 17.7 Å². The molecule has 0 unspecified atom stereocenters. The van der Waals surface area contributed by atoms with Gasteiger partial charge < -0.3 is 10.4 Å². The van der Waals surface area contributed by atoms with Crippen LogP contribution in [-0.2, 0) is 4.79 Å². The van der Waals surface area contributed by atoms with Gasteiger partial charge in [-0.25, -0.2) is 9.18 Å². The Morgan fingerprint density at radius 1 is 1.31 bits per heavy atom. The van der Waals surface area contributed by atoms with Crippen LogP contribution in [0.2, 0.25) is 0 Å². The summed E-state index contributed by atoms with van der Waals surface area (Å²) < 4.78 is 12.8. The summed E-state index contributed by atoms with van der Waals surface area (Å²) in [7, 11) is 0. The van der Waals surface area contributed by atoms with Crippen molar-refractivity contribution in [3.63, 3.8) is 0 Å². The molecular weight excluding hydrogens is 209 g/mol. The van der Waals surface area contributed by atoms with Gasteiger partial charge >= 0.3 is 5.97 Å². The Kier molecular flexibility index (Phi) is 3.01. The lowest BCUT2D eigenvalue weighted by Crippen LogP contribution is -2.28. The molecule has 0 radical (unpaired) electrons. The highest BCUT2D eigenvalue weighted by Crippen LogP contribution is 2.24.